The summed E-state index contributed by atoms with van der Waals surface area (Å²) in [6.45, 7) is 2.54. The van der Waals surface area contributed by atoms with Gasteiger partial charge >= 0.3 is 6.18 Å². The van der Waals surface area contributed by atoms with Crippen LogP contribution in [0, 0.1) is 5.82 Å². The SMILES string of the molecule is CCNC(=NCc1ccc(F)cc1C(F)(F)F)NCc1ccccn1. The minimum absolute atomic E-state index is 0.0936. The molecule has 1 aromatic heterocycles. The summed E-state index contributed by atoms with van der Waals surface area (Å²) >= 11 is 0. The normalized spacial score (nSPS) is 12.1. The lowest BCUT2D eigenvalue weighted by Gasteiger charge is -2.14. The van der Waals surface area contributed by atoms with Gasteiger partial charge in [0.25, 0.3) is 0 Å². The third kappa shape index (κ3) is 5.74. The minimum atomic E-state index is -4.63. The average molecular weight is 354 g/mol. The van der Waals surface area contributed by atoms with Gasteiger partial charge in [-0.05, 0) is 36.8 Å². The zero-order chi connectivity index (χ0) is 18.3. The van der Waals surface area contributed by atoms with Gasteiger partial charge in [-0.3, -0.25) is 4.98 Å². The van der Waals surface area contributed by atoms with Crippen molar-refractivity contribution in [1.82, 2.24) is 15.6 Å². The van der Waals surface area contributed by atoms with Crippen LogP contribution in [0.2, 0.25) is 0 Å². The van der Waals surface area contributed by atoms with Gasteiger partial charge in [-0.1, -0.05) is 12.1 Å². The van der Waals surface area contributed by atoms with Crippen LogP contribution in [-0.2, 0) is 19.3 Å². The number of hydrogen-bond donors (Lipinski definition) is 2. The molecule has 0 bridgehead atoms. The summed E-state index contributed by atoms with van der Waals surface area (Å²) in [5.74, 6) is -0.578. The van der Waals surface area contributed by atoms with Crippen molar-refractivity contribution in [2.24, 2.45) is 4.99 Å². The maximum atomic E-state index is 13.1. The molecular formula is C17H18F4N4. The molecule has 0 fully saturated rings. The fourth-order valence-corrected chi connectivity index (χ4v) is 2.13. The van der Waals surface area contributed by atoms with E-state index in [9.17, 15) is 17.6 Å². The Morgan fingerprint density at radius 3 is 2.60 bits per heavy atom. The van der Waals surface area contributed by atoms with Crippen LogP contribution in [0.4, 0.5) is 17.6 Å². The van der Waals surface area contributed by atoms with Crippen LogP contribution < -0.4 is 10.6 Å². The Balaban J connectivity index is 2.13. The highest BCUT2D eigenvalue weighted by atomic mass is 19.4. The molecule has 0 aliphatic carbocycles. The fraction of sp³-hybridized carbons (Fsp3) is 0.294. The Bertz CT molecular complexity index is 714. The van der Waals surface area contributed by atoms with E-state index >= 15 is 0 Å². The number of benzene rings is 1. The van der Waals surface area contributed by atoms with Crippen LogP contribution in [0.1, 0.15) is 23.7 Å². The summed E-state index contributed by atoms with van der Waals surface area (Å²) in [6.07, 6.45) is -2.98. The highest BCUT2D eigenvalue weighted by Crippen LogP contribution is 2.32. The molecule has 134 valence electrons. The quantitative estimate of drug-likeness (QED) is 0.491. The van der Waals surface area contributed by atoms with Crippen LogP contribution >= 0.6 is 0 Å². The van der Waals surface area contributed by atoms with E-state index in [1.54, 1.807) is 12.3 Å². The van der Waals surface area contributed by atoms with Crippen LogP contribution in [0.15, 0.2) is 47.6 Å². The molecule has 0 amide bonds. The van der Waals surface area contributed by atoms with E-state index in [-0.39, 0.29) is 12.1 Å². The molecule has 0 aliphatic heterocycles. The highest BCUT2D eigenvalue weighted by Gasteiger charge is 2.33. The molecule has 8 heteroatoms. The van der Waals surface area contributed by atoms with Crippen LogP contribution in [0.5, 0.6) is 0 Å². The summed E-state index contributed by atoms with van der Waals surface area (Å²) in [5, 5.41) is 5.95. The van der Waals surface area contributed by atoms with Crippen molar-refractivity contribution >= 4 is 5.96 Å². The Morgan fingerprint density at radius 2 is 1.96 bits per heavy atom. The molecule has 4 nitrogen and oxygen atoms in total. The molecule has 0 spiro atoms. The van der Waals surface area contributed by atoms with Crippen molar-refractivity contribution in [2.75, 3.05) is 6.54 Å². The van der Waals surface area contributed by atoms with E-state index in [2.05, 4.69) is 20.6 Å². The molecule has 1 heterocycles. The summed E-state index contributed by atoms with van der Waals surface area (Å²) in [4.78, 5) is 8.30. The summed E-state index contributed by atoms with van der Waals surface area (Å²) in [7, 11) is 0. The van der Waals surface area contributed by atoms with Crippen LogP contribution in [0.3, 0.4) is 0 Å². The predicted molar refractivity (Wildman–Crippen MR) is 87.3 cm³/mol. The lowest BCUT2D eigenvalue weighted by Crippen LogP contribution is -2.37. The van der Waals surface area contributed by atoms with E-state index in [4.69, 9.17) is 0 Å². The number of halogens is 4. The Hall–Kier alpha value is -2.64. The summed E-state index contributed by atoms with van der Waals surface area (Å²) < 4.78 is 52.2. The standard InChI is InChI=1S/C17H18F4N4/c1-2-22-16(25-11-14-5-3-4-8-23-14)24-10-12-6-7-13(18)9-15(12)17(19,20)21/h3-9H,2,10-11H2,1H3,(H2,22,24,25). The van der Waals surface area contributed by atoms with Gasteiger partial charge < -0.3 is 10.6 Å². The molecular weight excluding hydrogens is 336 g/mol. The van der Waals surface area contributed by atoms with Crippen molar-refractivity contribution in [3.63, 3.8) is 0 Å². The van der Waals surface area contributed by atoms with Gasteiger partial charge in [0.05, 0.1) is 24.3 Å². The first-order chi connectivity index (χ1) is 11.9. The van der Waals surface area contributed by atoms with Crippen molar-refractivity contribution in [3.05, 3.63) is 65.2 Å². The van der Waals surface area contributed by atoms with E-state index < -0.39 is 17.6 Å². The molecule has 2 rings (SSSR count). The maximum Gasteiger partial charge on any atom is 0.416 e. The molecule has 2 aromatic rings. The summed E-state index contributed by atoms with van der Waals surface area (Å²) in [5.41, 5.74) is -0.341. The second-order valence-electron chi connectivity index (χ2n) is 5.17. The van der Waals surface area contributed by atoms with Gasteiger partial charge in [0, 0.05) is 12.7 Å². The molecule has 0 radical (unpaired) electrons. The molecule has 0 saturated heterocycles. The Morgan fingerprint density at radius 1 is 1.16 bits per heavy atom. The predicted octanol–water partition coefficient (Wildman–Crippen LogP) is 3.49. The van der Waals surface area contributed by atoms with Gasteiger partial charge in [0.2, 0.25) is 0 Å². The summed E-state index contributed by atoms with van der Waals surface area (Å²) in [6, 6.07) is 8.02. The third-order valence-electron chi connectivity index (χ3n) is 3.29. The lowest BCUT2D eigenvalue weighted by atomic mass is 10.1. The first kappa shape index (κ1) is 18.7. The molecule has 0 unspecified atom stereocenters. The van der Waals surface area contributed by atoms with Crippen LogP contribution in [0.25, 0.3) is 0 Å². The third-order valence-corrected chi connectivity index (χ3v) is 3.29. The number of aliphatic imine (C=N–C) groups is 1. The topological polar surface area (TPSA) is 49.3 Å². The molecule has 0 saturated carbocycles. The monoisotopic (exact) mass is 354 g/mol. The number of nitrogens with zero attached hydrogens (tertiary/aromatic N) is 2. The first-order valence-corrected chi connectivity index (χ1v) is 7.68. The number of alkyl halides is 3. The fourth-order valence-electron chi connectivity index (χ4n) is 2.13. The van der Waals surface area contributed by atoms with Gasteiger partial charge in [-0.2, -0.15) is 13.2 Å². The number of rotatable bonds is 5. The van der Waals surface area contributed by atoms with Gasteiger partial charge in [-0.25, -0.2) is 9.38 Å². The zero-order valence-corrected chi connectivity index (χ0v) is 13.6. The van der Waals surface area contributed by atoms with Gasteiger partial charge in [0.1, 0.15) is 5.82 Å². The lowest BCUT2D eigenvalue weighted by molar-refractivity contribution is -0.138. The zero-order valence-electron chi connectivity index (χ0n) is 13.6. The molecule has 1 aromatic carbocycles. The van der Waals surface area contributed by atoms with Crippen LogP contribution in [-0.4, -0.2) is 17.5 Å². The minimum Gasteiger partial charge on any atom is -0.357 e. The number of hydrogen-bond acceptors (Lipinski definition) is 2. The highest BCUT2D eigenvalue weighted by molar-refractivity contribution is 5.79. The Kier molecular flexibility index (Phi) is 6.32. The molecule has 2 N–H and O–H groups in total. The van der Waals surface area contributed by atoms with E-state index in [1.807, 2.05) is 19.1 Å². The number of pyridine rings is 1. The van der Waals surface area contributed by atoms with E-state index in [1.165, 1.54) is 0 Å². The number of nitrogens with one attached hydrogen (secondary N) is 2. The number of guanidine groups is 1. The second-order valence-corrected chi connectivity index (χ2v) is 5.17. The molecule has 0 aliphatic rings. The van der Waals surface area contributed by atoms with Gasteiger partial charge in [-0.15, -0.1) is 0 Å². The van der Waals surface area contributed by atoms with Crippen molar-refractivity contribution in [2.45, 2.75) is 26.2 Å². The van der Waals surface area contributed by atoms with Gasteiger partial charge in [0.15, 0.2) is 5.96 Å². The van der Waals surface area contributed by atoms with Crippen molar-refractivity contribution in [1.29, 1.82) is 0 Å². The first-order valence-electron chi connectivity index (χ1n) is 7.68. The molecule has 25 heavy (non-hydrogen) atoms. The molecule has 0 atom stereocenters. The van der Waals surface area contributed by atoms with E-state index in [0.29, 0.717) is 25.1 Å². The maximum absolute atomic E-state index is 13.1. The Labute approximate surface area is 143 Å². The second kappa shape index (κ2) is 8.46. The van der Waals surface area contributed by atoms with E-state index in [0.717, 1.165) is 17.8 Å². The number of aromatic nitrogens is 1. The van der Waals surface area contributed by atoms with Crippen molar-refractivity contribution < 1.29 is 17.6 Å². The van der Waals surface area contributed by atoms with Crippen molar-refractivity contribution in [3.8, 4) is 0 Å². The largest absolute Gasteiger partial charge is 0.416 e. The smallest absolute Gasteiger partial charge is 0.357 e. The average Bonchev–Trinajstić information content (AvgIpc) is 2.58.